The van der Waals surface area contributed by atoms with Gasteiger partial charge >= 0.3 is 0 Å². The Bertz CT molecular complexity index is 1060. The predicted molar refractivity (Wildman–Crippen MR) is 108 cm³/mol. The van der Waals surface area contributed by atoms with Crippen LogP contribution in [-0.2, 0) is 6.42 Å². The fourth-order valence-corrected chi connectivity index (χ4v) is 3.77. The molecule has 1 atom stereocenters. The average molecular weight is 394 g/mol. The molecule has 29 heavy (non-hydrogen) atoms. The summed E-state index contributed by atoms with van der Waals surface area (Å²) in [5, 5.41) is 7.35. The molecule has 0 aliphatic carbocycles. The van der Waals surface area contributed by atoms with Crippen LogP contribution in [0.25, 0.3) is 0 Å². The van der Waals surface area contributed by atoms with Crippen molar-refractivity contribution < 1.29 is 13.9 Å². The summed E-state index contributed by atoms with van der Waals surface area (Å²) >= 11 is 0. The van der Waals surface area contributed by atoms with Crippen molar-refractivity contribution in [2.75, 3.05) is 12.0 Å². The van der Waals surface area contributed by atoms with Gasteiger partial charge in [0.2, 0.25) is 0 Å². The number of hydrogen-bond acceptors (Lipinski definition) is 4. The number of carbonyl (C=O) groups is 1. The number of rotatable bonds is 5. The van der Waals surface area contributed by atoms with Gasteiger partial charge in [0.05, 0.1) is 18.5 Å². The third-order valence-corrected chi connectivity index (χ3v) is 5.12. The Kier molecular flexibility index (Phi) is 4.82. The van der Waals surface area contributed by atoms with Gasteiger partial charge < -0.3 is 4.74 Å². The molecule has 3 aromatic rings. The van der Waals surface area contributed by atoms with Gasteiger partial charge in [-0.15, -0.1) is 0 Å². The van der Waals surface area contributed by atoms with E-state index in [9.17, 15) is 9.18 Å². The number of H-pyrrole nitrogens is 1. The number of pyridine rings is 1. The SMILES string of the molecule is COc1ccc(N2C(=O)c3n[nH]c(CC(C)C)c3C2c2ccc(F)c(C)n2)cc1. The van der Waals surface area contributed by atoms with Crippen LogP contribution in [0.2, 0.25) is 0 Å². The highest BCUT2D eigenvalue weighted by Crippen LogP contribution is 2.42. The number of amides is 1. The van der Waals surface area contributed by atoms with Crippen molar-refractivity contribution in [2.45, 2.75) is 33.2 Å². The smallest absolute Gasteiger partial charge is 0.280 e. The topological polar surface area (TPSA) is 71.1 Å². The van der Waals surface area contributed by atoms with Gasteiger partial charge in [-0.3, -0.25) is 19.8 Å². The van der Waals surface area contributed by atoms with E-state index in [2.05, 4.69) is 29.0 Å². The molecule has 7 heteroatoms. The van der Waals surface area contributed by atoms with Crippen molar-refractivity contribution in [1.82, 2.24) is 15.2 Å². The summed E-state index contributed by atoms with van der Waals surface area (Å²) in [6, 6.07) is 9.83. The van der Waals surface area contributed by atoms with E-state index < -0.39 is 6.04 Å². The predicted octanol–water partition coefficient (Wildman–Crippen LogP) is 4.21. The number of carbonyl (C=O) groups excluding carboxylic acids is 1. The van der Waals surface area contributed by atoms with Gasteiger partial charge in [-0.2, -0.15) is 5.10 Å². The normalized spacial score (nSPS) is 15.9. The standard InChI is InChI=1S/C22H23FN4O2/c1-12(2)11-18-19-20(26-25-18)22(28)27(14-5-7-15(29-4)8-6-14)21(19)17-10-9-16(23)13(3)24-17/h5-10,12,21H,11H2,1-4H3,(H,25,26). The van der Waals surface area contributed by atoms with Gasteiger partial charge in [0.25, 0.3) is 5.91 Å². The number of methoxy groups -OCH3 is 1. The summed E-state index contributed by atoms with van der Waals surface area (Å²) < 4.78 is 19.1. The van der Waals surface area contributed by atoms with Gasteiger partial charge in [-0.05, 0) is 55.7 Å². The van der Waals surface area contributed by atoms with Crippen LogP contribution in [-0.4, -0.2) is 28.2 Å². The highest BCUT2D eigenvalue weighted by molar-refractivity contribution is 6.10. The molecule has 150 valence electrons. The Balaban J connectivity index is 1.88. The van der Waals surface area contributed by atoms with Crippen LogP contribution in [0.5, 0.6) is 5.75 Å². The Morgan fingerprint density at radius 1 is 1.21 bits per heavy atom. The molecule has 3 heterocycles. The van der Waals surface area contributed by atoms with Crippen molar-refractivity contribution in [2.24, 2.45) is 5.92 Å². The molecule has 1 aliphatic rings. The second-order valence-corrected chi connectivity index (χ2v) is 7.64. The van der Waals surface area contributed by atoms with Crippen LogP contribution in [0.15, 0.2) is 36.4 Å². The number of fused-ring (bicyclic) bond motifs is 1. The first kappa shape index (κ1) is 19.1. The van der Waals surface area contributed by atoms with E-state index in [0.29, 0.717) is 34.4 Å². The molecule has 6 nitrogen and oxygen atoms in total. The minimum atomic E-state index is -0.474. The van der Waals surface area contributed by atoms with Gasteiger partial charge in [-0.25, -0.2) is 4.39 Å². The molecule has 0 bridgehead atoms. The van der Waals surface area contributed by atoms with Crippen molar-refractivity contribution in [1.29, 1.82) is 0 Å². The van der Waals surface area contributed by atoms with E-state index in [1.165, 1.54) is 6.07 Å². The van der Waals surface area contributed by atoms with Crippen LogP contribution < -0.4 is 9.64 Å². The monoisotopic (exact) mass is 394 g/mol. The molecular formula is C22H23FN4O2. The molecule has 1 amide bonds. The van der Waals surface area contributed by atoms with Crippen molar-refractivity contribution >= 4 is 11.6 Å². The maximum atomic E-state index is 13.9. The number of anilines is 1. The second-order valence-electron chi connectivity index (χ2n) is 7.64. The fraction of sp³-hybridized carbons (Fsp3) is 0.318. The Hall–Kier alpha value is -3.22. The quantitative estimate of drug-likeness (QED) is 0.704. The highest BCUT2D eigenvalue weighted by Gasteiger charge is 2.43. The van der Waals surface area contributed by atoms with Crippen molar-refractivity contribution in [3.05, 3.63) is 70.6 Å². The van der Waals surface area contributed by atoms with Gasteiger partial charge in [0.1, 0.15) is 17.6 Å². The maximum Gasteiger partial charge on any atom is 0.280 e. The first-order chi connectivity index (χ1) is 13.9. The zero-order valence-corrected chi connectivity index (χ0v) is 16.9. The number of benzene rings is 1. The number of nitrogens with zero attached hydrogens (tertiary/aromatic N) is 3. The highest BCUT2D eigenvalue weighted by atomic mass is 19.1. The minimum absolute atomic E-state index is 0.204. The number of hydrogen-bond donors (Lipinski definition) is 1. The number of ether oxygens (including phenoxy) is 1. The summed E-state index contributed by atoms with van der Waals surface area (Å²) in [5.74, 6) is 0.508. The van der Waals surface area contributed by atoms with Gasteiger partial charge in [0, 0.05) is 16.9 Å². The van der Waals surface area contributed by atoms with Crippen LogP contribution in [0.4, 0.5) is 10.1 Å². The lowest BCUT2D eigenvalue weighted by Gasteiger charge is -2.26. The summed E-state index contributed by atoms with van der Waals surface area (Å²) in [5.41, 5.74) is 3.74. The zero-order valence-electron chi connectivity index (χ0n) is 16.9. The minimum Gasteiger partial charge on any atom is -0.497 e. The average Bonchev–Trinajstić information content (AvgIpc) is 3.23. The first-order valence-corrected chi connectivity index (χ1v) is 9.58. The second kappa shape index (κ2) is 7.31. The van der Waals surface area contributed by atoms with Crippen molar-refractivity contribution in [3.8, 4) is 5.75 Å². The number of nitrogens with one attached hydrogen (secondary N) is 1. The van der Waals surface area contributed by atoms with E-state index in [0.717, 1.165) is 17.7 Å². The van der Waals surface area contributed by atoms with E-state index in [4.69, 9.17) is 4.74 Å². The molecule has 0 fully saturated rings. The molecular weight excluding hydrogens is 371 g/mol. The van der Waals surface area contributed by atoms with E-state index in [1.54, 1.807) is 37.1 Å². The molecule has 0 radical (unpaired) electrons. The molecule has 1 N–H and O–H groups in total. The third-order valence-electron chi connectivity index (χ3n) is 5.12. The summed E-state index contributed by atoms with van der Waals surface area (Å²) in [4.78, 5) is 19.4. The first-order valence-electron chi connectivity index (χ1n) is 9.58. The Morgan fingerprint density at radius 3 is 2.55 bits per heavy atom. The largest absolute Gasteiger partial charge is 0.497 e. The van der Waals surface area contributed by atoms with Gasteiger partial charge in [-0.1, -0.05) is 13.8 Å². The maximum absolute atomic E-state index is 13.9. The molecule has 1 aromatic carbocycles. The van der Waals surface area contributed by atoms with E-state index >= 15 is 0 Å². The molecule has 1 unspecified atom stereocenters. The van der Waals surface area contributed by atoms with Crippen LogP contribution in [0, 0.1) is 18.7 Å². The van der Waals surface area contributed by atoms with Crippen molar-refractivity contribution in [3.63, 3.8) is 0 Å². The van der Waals surface area contributed by atoms with Crippen LogP contribution in [0.3, 0.4) is 0 Å². The van der Waals surface area contributed by atoms with E-state index in [1.807, 2.05) is 12.1 Å². The Morgan fingerprint density at radius 2 is 1.93 bits per heavy atom. The number of aromatic amines is 1. The molecule has 0 saturated carbocycles. The summed E-state index contributed by atoms with van der Waals surface area (Å²) in [7, 11) is 1.60. The summed E-state index contributed by atoms with van der Waals surface area (Å²) in [6.07, 6.45) is 0.753. The molecule has 0 spiro atoms. The number of halogens is 1. The van der Waals surface area contributed by atoms with Crippen LogP contribution >= 0.6 is 0 Å². The zero-order chi connectivity index (χ0) is 20.7. The molecule has 0 saturated heterocycles. The molecule has 4 rings (SSSR count). The molecule has 2 aromatic heterocycles. The van der Waals surface area contributed by atoms with Crippen LogP contribution in [0.1, 0.15) is 53.0 Å². The third kappa shape index (κ3) is 3.26. The number of aryl methyl sites for hydroxylation is 1. The summed E-state index contributed by atoms with van der Waals surface area (Å²) in [6.45, 7) is 5.85. The fourth-order valence-electron chi connectivity index (χ4n) is 3.77. The molecule has 1 aliphatic heterocycles. The lowest BCUT2D eigenvalue weighted by molar-refractivity contribution is 0.0988. The van der Waals surface area contributed by atoms with E-state index in [-0.39, 0.29) is 11.7 Å². The lowest BCUT2D eigenvalue weighted by atomic mass is 9.97. The van der Waals surface area contributed by atoms with Gasteiger partial charge in [0.15, 0.2) is 5.69 Å². The lowest BCUT2D eigenvalue weighted by Crippen LogP contribution is -2.30. The Labute approximate surface area is 168 Å². The number of aromatic nitrogens is 3.